The van der Waals surface area contributed by atoms with Crippen LogP contribution in [0.15, 0.2) is 12.3 Å². The lowest BCUT2D eigenvalue weighted by molar-refractivity contribution is 0.318. The summed E-state index contributed by atoms with van der Waals surface area (Å²) in [5, 5.41) is 0. The maximum Gasteiger partial charge on any atom is 0.221 e. The Kier molecular flexibility index (Phi) is 3.04. The molecule has 4 nitrogen and oxygen atoms in total. The van der Waals surface area contributed by atoms with E-state index in [2.05, 4.69) is 21.8 Å². The molecule has 0 spiro atoms. The van der Waals surface area contributed by atoms with Crippen LogP contribution in [-0.2, 0) is 0 Å². The lowest BCUT2D eigenvalue weighted by Gasteiger charge is -2.32. The standard InChI is InChI=1S/C11H18N4/c1-2-15(8-9-4-3-5-9)10-6-7-13-11(12)14-10/h6-7,9H,2-5,8H2,1H3,(H2,12,13,14). The second-order valence-electron chi connectivity index (χ2n) is 4.11. The van der Waals surface area contributed by atoms with Gasteiger partial charge in [0.2, 0.25) is 5.95 Å². The van der Waals surface area contributed by atoms with E-state index in [1.807, 2.05) is 6.07 Å². The van der Waals surface area contributed by atoms with Crippen molar-refractivity contribution < 1.29 is 0 Å². The fourth-order valence-electron chi connectivity index (χ4n) is 1.91. The largest absolute Gasteiger partial charge is 0.368 e. The number of nitrogen functional groups attached to an aromatic ring is 1. The minimum Gasteiger partial charge on any atom is -0.368 e. The number of anilines is 2. The molecule has 1 aliphatic rings. The molecule has 1 aromatic rings. The highest BCUT2D eigenvalue weighted by molar-refractivity contribution is 5.40. The zero-order valence-corrected chi connectivity index (χ0v) is 9.19. The van der Waals surface area contributed by atoms with Gasteiger partial charge < -0.3 is 10.6 Å². The first kappa shape index (κ1) is 10.2. The molecule has 2 N–H and O–H groups in total. The summed E-state index contributed by atoms with van der Waals surface area (Å²) in [6.07, 6.45) is 5.82. The quantitative estimate of drug-likeness (QED) is 0.814. The predicted octanol–water partition coefficient (Wildman–Crippen LogP) is 1.69. The van der Waals surface area contributed by atoms with Gasteiger partial charge in [-0.15, -0.1) is 0 Å². The Hall–Kier alpha value is -1.32. The van der Waals surface area contributed by atoms with Gasteiger partial charge in [0, 0.05) is 19.3 Å². The van der Waals surface area contributed by atoms with Crippen molar-refractivity contribution in [2.24, 2.45) is 5.92 Å². The van der Waals surface area contributed by atoms with Crippen molar-refractivity contribution in [2.45, 2.75) is 26.2 Å². The summed E-state index contributed by atoms with van der Waals surface area (Å²) in [5.74, 6) is 2.16. The second-order valence-corrected chi connectivity index (χ2v) is 4.11. The molecule has 1 aliphatic carbocycles. The van der Waals surface area contributed by atoms with Gasteiger partial charge in [-0.25, -0.2) is 4.98 Å². The first-order valence-corrected chi connectivity index (χ1v) is 5.63. The van der Waals surface area contributed by atoms with E-state index in [4.69, 9.17) is 5.73 Å². The van der Waals surface area contributed by atoms with E-state index in [1.54, 1.807) is 6.20 Å². The number of rotatable bonds is 4. The SMILES string of the molecule is CCN(CC1CCC1)c1ccnc(N)n1. The molecule has 0 aliphatic heterocycles. The first-order chi connectivity index (χ1) is 7.29. The third-order valence-electron chi connectivity index (χ3n) is 3.07. The second kappa shape index (κ2) is 4.47. The third kappa shape index (κ3) is 2.37. The van der Waals surface area contributed by atoms with Crippen LogP contribution < -0.4 is 10.6 Å². The molecule has 1 saturated carbocycles. The van der Waals surface area contributed by atoms with E-state index >= 15 is 0 Å². The molecule has 2 rings (SSSR count). The fourth-order valence-corrected chi connectivity index (χ4v) is 1.91. The molecule has 82 valence electrons. The summed E-state index contributed by atoms with van der Waals surface area (Å²) in [4.78, 5) is 10.4. The Balaban J connectivity index is 2.04. The van der Waals surface area contributed by atoms with Crippen LogP contribution in [0.2, 0.25) is 0 Å². The van der Waals surface area contributed by atoms with Crippen LogP contribution in [0.1, 0.15) is 26.2 Å². The molecule has 1 aromatic heterocycles. The summed E-state index contributed by atoms with van der Waals surface area (Å²) in [5.41, 5.74) is 5.58. The number of nitrogens with two attached hydrogens (primary N) is 1. The van der Waals surface area contributed by atoms with Gasteiger partial charge in [-0.1, -0.05) is 6.42 Å². The summed E-state index contributed by atoms with van der Waals surface area (Å²) >= 11 is 0. The average Bonchev–Trinajstić information content (AvgIpc) is 2.16. The van der Waals surface area contributed by atoms with Crippen molar-refractivity contribution in [1.29, 1.82) is 0 Å². The Labute approximate surface area is 90.5 Å². The number of hydrogen-bond acceptors (Lipinski definition) is 4. The average molecular weight is 206 g/mol. The zero-order valence-electron chi connectivity index (χ0n) is 9.19. The molecule has 0 saturated heterocycles. The van der Waals surface area contributed by atoms with Gasteiger partial charge in [-0.3, -0.25) is 0 Å². The molecule has 1 fully saturated rings. The minimum absolute atomic E-state index is 0.361. The van der Waals surface area contributed by atoms with Crippen LogP contribution in [-0.4, -0.2) is 23.1 Å². The predicted molar refractivity (Wildman–Crippen MR) is 61.7 cm³/mol. The molecule has 0 bridgehead atoms. The smallest absolute Gasteiger partial charge is 0.221 e. The highest BCUT2D eigenvalue weighted by atomic mass is 15.2. The number of nitrogens with zero attached hydrogens (tertiary/aromatic N) is 3. The van der Waals surface area contributed by atoms with Crippen molar-refractivity contribution in [3.8, 4) is 0 Å². The lowest BCUT2D eigenvalue weighted by atomic mass is 9.85. The molecular weight excluding hydrogens is 188 g/mol. The number of aromatic nitrogens is 2. The van der Waals surface area contributed by atoms with Gasteiger partial charge in [-0.05, 0) is 31.7 Å². The topological polar surface area (TPSA) is 55.0 Å². The van der Waals surface area contributed by atoms with Crippen LogP contribution >= 0.6 is 0 Å². The maximum atomic E-state index is 5.58. The monoisotopic (exact) mass is 206 g/mol. The summed E-state index contributed by atoms with van der Waals surface area (Å²) in [7, 11) is 0. The van der Waals surface area contributed by atoms with Gasteiger partial charge in [0.15, 0.2) is 0 Å². The van der Waals surface area contributed by atoms with Crippen molar-refractivity contribution in [2.75, 3.05) is 23.7 Å². The van der Waals surface area contributed by atoms with E-state index in [0.717, 1.165) is 24.8 Å². The molecule has 1 heterocycles. The zero-order chi connectivity index (χ0) is 10.7. The maximum absolute atomic E-state index is 5.58. The Morgan fingerprint density at radius 3 is 2.87 bits per heavy atom. The lowest BCUT2D eigenvalue weighted by Crippen LogP contribution is -2.33. The highest BCUT2D eigenvalue weighted by Gasteiger charge is 2.20. The molecular formula is C11H18N4. The van der Waals surface area contributed by atoms with Crippen molar-refractivity contribution in [3.05, 3.63) is 12.3 Å². The fraction of sp³-hybridized carbons (Fsp3) is 0.636. The Morgan fingerprint density at radius 2 is 2.33 bits per heavy atom. The van der Waals surface area contributed by atoms with Gasteiger partial charge in [-0.2, -0.15) is 4.98 Å². The van der Waals surface area contributed by atoms with Gasteiger partial charge in [0.25, 0.3) is 0 Å². The first-order valence-electron chi connectivity index (χ1n) is 5.63. The Bertz CT molecular complexity index is 322. The van der Waals surface area contributed by atoms with E-state index in [0.29, 0.717) is 5.95 Å². The molecule has 0 aromatic carbocycles. The summed E-state index contributed by atoms with van der Waals surface area (Å²) in [6.45, 7) is 4.23. The summed E-state index contributed by atoms with van der Waals surface area (Å²) in [6, 6.07) is 1.93. The normalized spacial score (nSPS) is 16.1. The van der Waals surface area contributed by atoms with Gasteiger partial charge in [0.1, 0.15) is 5.82 Å². The molecule has 0 radical (unpaired) electrons. The van der Waals surface area contributed by atoms with Crippen molar-refractivity contribution in [3.63, 3.8) is 0 Å². The molecule has 4 heteroatoms. The van der Waals surface area contributed by atoms with Crippen LogP contribution in [0.25, 0.3) is 0 Å². The number of hydrogen-bond donors (Lipinski definition) is 1. The van der Waals surface area contributed by atoms with Crippen molar-refractivity contribution >= 4 is 11.8 Å². The van der Waals surface area contributed by atoms with E-state index in [9.17, 15) is 0 Å². The van der Waals surface area contributed by atoms with Crippen molar-refractivity contribution in [1.82, 2.24) is 9.97 Å². The van der Waals surface area contributed by atoms with E-state index in [-0.39, 0.29) is 0 Å². The van der Waals surface area contributed by atoms with E-state index in [1.165, 1.54) is 19.3 Å². The Morgan fingerprint density at radius 1 is 1.53 bits per heavy atom. The van der Waals surface area contributed by atoms with Crippen LogP contribution in [0.4, 0.5) is 11.8 Å². The molecule has 0 atom stereocenters. The molecule has 0 unspecified atom stereocenters. The van der Waals surface area contributed by atoms with Gasteiger partial charge >= 0.3 is 0 Å². The highest BCUT2D eigenvalue weighted by Crippen LogP contribution is 2.28. The van der Waals surface area contributed by atoms with E-state index < -0.39 is 0 Å². The minimum atomic E-state index is 0.361. The van der Waals surface area contributed by atoms with Crippen LogP contribution in [0.3, 0.4) is 0 Å². The third-order valence-corrected chi connectivity index (χ3v) is 3.07. The van der Waals surface area contributed by atoms with Crippen LogP contribution in [0, 0.1) is 5.92 Å². The molecule has 0 amide bonds. The molecule has 15 heavy (non-hydrogen) atoms. The summed E-state index contributed by atoms with van der Waals surface area (Å²) < 4.78 is 0. The van der Waals surface area contributed by atoms with Gasteiger partial charge in [0.05, 0.1) is 0 Å². The van der Waals surface area contributed by atoms with Crippen LogP contribution in [0.5, 0.6) is 0 Å².